The number of imide groups is 1. The highest BCUT2D eigenvalue weighted by Crippen LogP contribution is 2.28. The molecular formula is C21H20N4O4S. The van der Waals surface area contributed by atoms with Crippen LogP contribution in [0.15, 0.2) is 60.1 Å². The monoisotopic (exact) mass is 424 g/mol. The van der Waals surface area contributed by atoms with Gasteiger partial charge in [-0.25, -0.2) is 14.3 Å². The Labute approximate surface area is 177 Å². The number of hydrogen-bond acceptors (Lipinski definition) is 6. The van der Waals surface area contributed by atoms with Gasteiger partial charge in [-0.1, -0.05) is 24.3 Å². The van der Waals surface area contributed by atoms with Gasteiger partial charge >= 0.3 is 12.0 Å². The van der Waals surface area contributed by atoms with Crippen LogP contribution in [0.5, 0.6) is 0 Å². The molecule has 0 aliphatic heterocycles. The standard InChI is InChI=1S/C21H20N4O4S/c1-2-22-21(28)23-18(26)14-29-19(27)11-10-15-13-25(16-7-4-3-5-8-16)24-20(15)17-9-6-12-30-17/h3-13H,2,14H2,1H3,(H2,22,23,26,28). The zero-order valence-corrected chi connectivity index (χ0v) is 17.0. The first kappa shape index (κ1) is 21.0. The predicted octanol–water partition coefficient (Wildman–Crippen LogP) is 3.00. The van der Waals surface area contributed by atoms with Gasteiger partial charge in [0.05, 0.1) is 10.6 Å². The third-order valence-corrected chi connectivity index (χ3v) is 4.73. The van der Waals surface area contributed by atoms with Crippen LogP contribution in [0, 0.1) is 0 Å². The average molecular weight is 424 g/mol. The lowest BCUT2D eigenvalue weighted by Crippen LogP contribution is -2.41. The molecule has 8 nitrogen and oxygen atoms in total. The molecule has 3 amide bonds. The van der Waals surface area contributed by atoms with E-state index < -0.39 is 24.5 Å². The minimum atomic E-state index is -0.709. The second-order valence-corrected chi connectivity index (χ2v) is 6.99. The zero-order chi connectivity index (χ0) is 21.3. The van der Waals surface area contributed by atoms with Gasteiger partial charge in [0.1, 0.15) is 5.69 Å². The van der Waals surface area contributed by atoms with E-state index in [-0.39, 0.29) is 0 Å². The number of benzene rings is 1. The normalized spacial score (nSPS) is 10.7. The number of hydrogen-bond donors (Lipinski definition) is 2. The maximum Gasteiger partial charge on any atom is 0.331 e. The molecule has 0 spiro atoms. The predicted molar refractivity (Wildman–Crippen MR) is 114 cm³/mol. The lowest BCUT2D eigenvalue weighted by atomic mass is 10.2. The summed E-state index contributed by atoms with van der Waals surface area (Å²) in [6, 6.07) is 12.9. The Hall–Kier alpha value is -3.72. The van der Waals surface area contributed by atoms with E-state index in [0.717, 1.165) is 21.8 Å². The van der Waals surface area contributed by atoms with Gasteiger partial charge in [-0.3, -0.25) is 10.1 Å². The number of urea groups is 1. The zero-order valence-electron chi connectivity index (χ0n) is 16.2. The number of amides is 3. The molecule has 0 aliphatic rings. The summed E-state index contributed by atoms with van der Waals surface area (Å²) in [7, 11) is 0. The van der Waals surface area contributed by atoms with E-state index in [1.165, 1.54) is 6.08 Å². The Kier molecular flexibility index (Phi) is 7.12. The topological polar surface area (TPSA) is 102 Å². The number of carbonyl (C=O) groups excluding carboxylic acids is 3. The molecule has 0 saturated carbocycles. The summed E-state index contributed by atoms with van der Waals surface area (Å²) >= 11 is 1.54. The Morgan fingerprint density at radius 1 is 1.17 bits per heavy atom. The molecule has 0 bridgehead atoms. The number of para-hydroxylation sites is 1. The highest BCUT2D eigenvalue weighted by molar-refractivity contribution is 7.13. The first-order chi connectivity index (χ1) is 14.6. The maximum absolute atomic E-state index is 12.0. The quantitative estimate of drug-likeness (QED) is 0.448. The fourth-order valence-electron chi connectivity index (χ4n) is 2.54. The van der Waals surface area contributed by atoms with E-state index in [9.17, 15) is 14.4 Å². The number of nitrogens with zero attached hydrogens (tertiary/aromatic N) is 2. The molecule has 154 valence electrons. The molecule has 0 aliphatic carbocycles. The van der Waals surface area contributed by atoms with Crippen molar-refractivity contribution in [1.29, 1.82) is 0 Å². The van der Waals surface area contributed by atoms with Gasteiger partial charge in [-0.15, -0.1) is 11.3 Å². The smallest absolute Gasteiger partial charge is 0.331 e. The van der Waals surface area contributed by atoms with E-state index in [1.807, 2.05) is 54.0 Å². The van der Waals surface area contributed by atoms with Gasteiger partial charge in [-0.05, 0) is 36.6 Å². The SMILES string of the molecule is CCNC(=O)NC(=O)COC(=O)C=Cc1cn(-c2ccccc2)nc1-c1cccs1. The molecule has 1 aromatic carbocycles. The number of aromatic nitrogens is 2. The van der Waals surface area contributed by atoms with Crippen LogP contribution in [-0.2, 0) is 14.3 Å². The lowest BCUT2D eigenvalue weighted by molar-refractivity contribution is -0.143. The van der Waals surface area contributed by atoms with Crippen molar-refractivity contribution in [2.24, 2.45) is 0 Å². The van der Waals surface area contributed by atoms with E-state index >= 15 is 0 Å². The molecule has 0 unspecified atom stereocenters. The first-order valence-electron chi connectivity index (χ1n) is 9.18. The average Bonchev–Trinajstić information content (AvgIpc) is 3.41. The highest BCUT2D eigenvalue weighted by atomic mass is 32.1. The molecular weight excluding hydrogens is 404 g/mol. The van der Waals surface area contributed by atoms with Crippen LogP contribution in [-0.4, -0.2) is 40.8 Å². The lowest BCUT2D eigenvalue weighted by Gasteiger charge is -2.04. The van der Waals surface area contributed by atoms with Crippen molar-refractivity contribution in [3.8, 4) is 16.3 Å². The third kappa shape index (κ3) is 5.65. The molecule has 9 heteroatoms. The number of thiophene rings is 1. The molecule has 2 heterocycles. The van der Waals surface area contributed by atoms with Crippen LogP contribution < -0.4 is 10.6 Å². The van der Waals surface area contributed by atoms with Gasteiger partial charge in [0.2, 0.25) is 0 Å². The highest BCUT2D eigenvalue weighted by Gasteiger charge is 2.13. The molecule has 0 radical (unpaired) electrons. The van der Waals surface area contributed by atoms with Crippen molar-refractivity contribution in [3.05, 3.63) is 65.7 Å². The largest absolute Gasteiger partial charge is 0.452 e. The van der Waals surface area contributed by atoms with Crippen molar-refractivity contribution >= 4 is 35.3 Å². The minimum absolute atomic E-state index is 0.380. The van der Waals surface area contributed by atoms with Crippen molar-refractivity contribution in [1.82, 2.24) is 20.4 Å². The van der Waals surface area contributed by atoms with E-state index in [2.05, 4.69) is 15.7 Å². The Balaban J connectivity index is 1.70. The second-order valence-electron chi connectivity index (χ2n) is 6.04. The number of esters is 1. The summed E-state index contributed by atoms with van der Waals surface area (Å²) in [6.45, 7) is 1.55. The third-order valence-electron chi connectivity index (χ3n) is 3.85. The fourth-order valence-corrected chi connectivity index (χ4v) is 3.27. The molecule has 2 aromatic heterocycles. The van der Waals surface area contributed by atoms with Crippen molar-refractivity contribution < 1.29 is 19.1 Å². The van der Waals surface area contributed by atoms with Crippen LogP contribution in [0.1, 0.15) is 12.5 Å². The second kappa shape index (κ2) is 10.2. The summed E-state index contributed by atoms with van der Waals surface area (Å²) in [5.74, 6) is -1.41. The summed E-state index contributed by atoms with van der Waals surface area (Å²) in [5, 5.41) is 11.1. The molecule has 0 atom stereocenters. The van der Waals surface area contributed by atoms with E-state index in [0.29, 0.717) is 6.54 Å². The van der Waals surface area contributed by atoms with Crippen molar-refractivity contribution in [3.63, 3.8) is 0 Å². The molecule has 0 saturated heterocycles. The number of ether oxygens (including phenoxy) is 1. The number of rotatable bonds is 7. The van der Waals surface area contributed by atoms with Gasteiger partial charge in [0.25, 0.3) is 5.91 Å². The van der Waals surface area contributed by atoms with Gasteiger partial charge in [0, 0.05) is 24.4 Å². The number of nitrogens with one attached hydrogen (secondary N) is 2. The summed E-state index contributed by atoms with van der Waals surface area (Å²) in [6.07, 6.45) is 4.63. The van der Waals surface area contributed by atoms with Crippen LogP contribution in [0.4, 0.5) is 4.79 Å². The molecule has 3 rings (SSSR count). The van der Waals surface area contributed by atoms with Crippen molar-refractivity contribution in [2.75, 3.05) is 13.2 Å². The van der Waals surface area contributed by atoms with Crippen LogP contribution in [0.3, 0.4) is 0 Å². The summed E-state index contributed by atoms with van der Waals surface area (Å²) < 4.78 is 6.62. The van der Waals surface area contributed by atoms with E-state index in [1.54, 1.807) is 29.0 Å². The van der Waals surface area contributed by atoms with E-state index in [4.69, 9.17) is 4.74 Å². The maximum atomic E-state index is 12.0. The molecule has 2 N–H and O–H groups in total. The van der Waals surface area contributed by atoms with Crippen molar-refractivity contribution in [2.45, 2.75) is 6.92 Å². The number of carbonyl (C=O) groups is 3. The van der Waals surface area contributed by atoms with Gasteiger partial charge in [0.15, 0.2) is 6.61 Å². The molecule has 30 heavy (non-hydrogen) atoms. The van der Waals surface area contributed by atoms with Gasteiger partial charge in [-0.2, -0.15) is 5.10 Å². The Morgan fingerprint density at radius 3 is 2.67 bits per heavy atom. The van der Waals surface area contributed by atoms with Crippen LogP contribution >= 0.6 is 11.3 Å². The Bertz CT molecular complexity index is 1040. The van der Waals surface area contributed by atoms with Gasteiger partial charge < -0.3 is 10.1 Å². The minimum Gasteiger partial charge on any atom is -0.452 e. The van der Waals surface area contributed by atoms with Crippen LogP contribution in [0.2, 0.25) is 0 Å². The Morgan fingerprint density at radius 2 is 1.97 bits per heavy atom. The fraction of sp³-hybridized carbons (Fsp3) is 0.143. The molecule has 0 fully saturated rings. The first-order valence-corrected chi connectivity index (χ1v) is 10.1. The molecule has 3 aromatic rings. The summed E-state index contributed by atoms with van der Waals surface area (Å²) in [4.78, 5) is 35.8. The van der Waals surface area contributed by atoms with Crippen LogP contribution in [0.25, 0.3) is 22.3 Å². The summed E-state index contributed by atoms with van der Waals surface area (Å²) in [5.41, 5.74) is 2.34.